The topological polar surface area (TPSA) is 55.9 Å². The quantitative estimate of drug-likeness (QED) is 0.919. The van der Waals surface area contributed by atoms with Crippen LogP contribution >= 0.6 is 0 Å². The number of nitrogens with one attached hydrogen (secondary N) is 1. The molecule has 1 aliphatic rings. The Bertz CT molecular complexity index is 561. The smallest absolute Gasteiger partial charge is 0.149 e. The number of nitrogens with zero attached hydrogens (tertiary/aromatic N) is 3. The third-order valence-corrected chi connectivity index (χ3v) is 4.15. The molecule has 0 bridgehead atoms. The molecule has 2 aromatic heterocycles. The minimum atomic E-state index is 0.203. The van der Waals surface area contributed by atoms with Gasteiger partial charge in [-0.2, -0.15) is 0 Å². The van der Waals surface area contributed by atoms with E-state index in [0.717, 1.165) is 36.8 Å². The van der Waals surface area contributed by atoms with E-state index in [4.69, 9.17) is 4.42 Å². The summed E-state index contributed by atoms with van der Waals surface area (Å²) in [7, 11) is 0. The van der Waals surface area contributed by atoms with Crippen molar-refractivity contribution in [2.45, 2.75) is 64.6 Å². The average molecular weight is 288 g/mol. The normalized spacial score (nSPS) is 18.0. The summed E-state index contributed by atoms with van der Waals surface area (Å²) in [5, 5.41) is 12.4. The van der Waals surface area contributed by atoms with Crippen LogP contribution in [0.1, 0.15) is 56.6 Å². The maximum absolute atomic E-state index is 5.41. The van der Waals surface area contributed by atoms with Gasteiger partial charge in [-0.25, -0.2) is 0 Å². The molecule has 2 aromatic rings. The minimum Gasteiger partial charge on any atom is -0.469 e. The number of fused-ring (bicyclic) bond motifs is 1. The Kier molecular flexibility index (Phi) is 4.39. The standard InChI is InChI=1S/C16H24N4O/c1-12(11-14-7-6-10-21-14)17-13(2)16-19-18-15-8-4-3-5-9-20(15)16/h6-7,10,12-13,17H,3-5,8-9,11H2,1-2H3. The van der Waals surface area contributed by atoms with Crippen molar-refractivity contribution in [3.63, 3.8) is 0 Å². The van der Waals surface area contributed by atoms with Gasteiger partial charge < -0.3 is 14.3 Å². The van der Waals surface area contributed by atoms with Gasteiger partial charge in [-0.3, -0.25) is 0 Å². The van der Waals surface area contributed by atoms with E-state index in [-0.39, 0.29) is 6.04 Å². The summed E-state index contributed by atoms with van der Waals surface area (Å²) < 4.78 is 7.72. The lowest BCUT2D eigenvalue weighted by Gasteiger charge is -2.19. The van der Waals surface area contributed by atoms with Gasteiger partial charge in [0.1, 0.15) is 17.4 Å². The van der Waals surface area contributed by atoms with Crippen LogP contribution in [0.4, 0.5) is 0 Å². The Morgan fingerprint density at radius 3 is 3.00 bits per heavy atom. The first-order valence-corrected chi connectivity index (χ1v) is 7.94. The van der Waals surface area contributed by atoms with Crippen molar-refractivity contribution in [3.05, 3.63) is 35.8 Å². The molecule has 1 N–H and O–H groups in total. The van der Waals surface area contributed by atoms with Crippen molar-refractivity contribution < 1.29 is 4.42 Å². The number of rotatable bonds is 5. The van der Waals surface area contributed by atoms with Crippen LogP contribution in [0.2, 0.25) is 0 Å². The lowest BCUT2D eigenvalue weighted by molar-refractivity contribution is 0.411. The van der Waals surface area contributed by atoms with Gasteiger partial charge in [0.25, 0.3) is 0 Å². The van der Waals surface area contributed by atoms with Gasteiger partial charge in [0.05, 0.1) is 12.3 Å². The molecule has 0 aliphatic carbocycles. The van der Waals surface area contributed by atoms with E-state index in [1.165, 1.54) is 19.3 Å². The second-order valence-corrected chi connectivity index (χ2v) is 6.01. The van der Waals surface area contributed by atoms with Gasteiger partial charge in [-0.05, 0) is 38.8 Å². The Morgan fingerprint density at radius 1 is 1.29 bits per heavy atom. The third kappa shape index (κ3) is 3.35. The van der Waals surface area contributed by atoms with Crippen molar-refractivity contribution in [2.24, 2.45) is 0 Å². The Morgan fingerprint density at radius 2 is 2.19 bits per heavy atom. The first-order valence-electron chi connectivity index (χ1n) is 7.94. The zero-order valence-corrected chi connectivity index (χ0v) is 12.9. The van der Waals surface area contributed by atoms with Crippen molar-refractivity contribution in [1.29, 1.82) is 0 Å². The van der Waals surface area contributed by atoms with E-state index in [2.05, 4.69) is 33.9 Å². The molecule has 3 heterocycles. The van der Waals surface area contributed by atoms with E-state index < -0.39 is 0 Å². The molecule has 0 aromatic carbocycles. The summed E-state index contributed by atoms with van der Waals surface area (Å²) in [4.78, 5) is 0. The molecule has 2 atom stereocenters. The highest BCUT2D eigenvalue weighted by Crippen LogP contribution is 2.19. The summed E-state index contributed by atoms with van der Waals surface area (Å²) in [6.45, 7) is 5.40. The second kappa shape index (κ2) is 6.43. The van der Waals surface area contributed by atoms with Gasteiger partial charge in [-0.1, -0.05) is 6.42 Å². The number of aryl methyl sites for hydroxylation is 1. The van der Waals surface area contributed by atoms with E-state index in [1.54, 1.807) is 6.26 Å². The molecule has 5 nitrogen and oxygen atoms in total. The molecule has 21 heavy (non-hydrogen) atoms. The zero-order valence-electron chi connectivity index (χ0n) is 12.9. The van der Waals surface area contributed by atoms with E-state index in [9.17, 15) is 0 Å². The lowest BCUT2D eigenvalue weighted by Crippen LogP contribution is -2.32. The number of hydrogen-bond donors (Lipinski definition) is 1. The largest absolute Gasteiger partial charge is 0.469 e. The minimum absolute atomic E-state index is 0.203. The maximum Gasteiger partial charge on any atom is 0.149 e. The van der Waals surface area contributed by atoms with E-state index in [0.29, 0.717) is 6.04 Å². The fraction of sp³-hybridized carbons (Fsp3) is 0.625. The number of hydrogen-bond acceptors (Lipinski definition) is 4. The molecule has 0 spiro atoms. The molecule has 3 rings (SSSR count). The van der Waals surface area contributed by atoms with Crippen LogP contribution in [0.5, 0.6) is 0 Å². The molecule has 5 heteroatoms. The van der Waals surface area contributed by atoms with Crippen LogP contribution in [0, 0.1) is 0 Å². The summed E-state index contributed by atoms with van der Waals surface area (Å²) in [6.07, 6.45) is 7.42. The van der Waals surface area contributed by atoms with Crippen LogP contribution in [0.25, 0.3) is 0 Å². The van der Waals surface area contributed by atoms with E-state index >= 15 is 0 Å². The Hall–Kier alpha value is -1.62. The van der Waals surface area contributed by atoms with Crippen molar-refractivity contribution in [3.8, 4) is 0 Å². The molecule has 0 saturated carbocycles. The molecule has 114 valence electrons. The SMILES string of the molecule is CC(Cc1ccco1)NC(C)c1nnc2n1CCCCC2. The number of aromatic nitrogens is 3. The highest BCUT2D eigenvalue weighted by Gasteiger charge is 2.20. The summed E-state index contributed by atoms with van der Waals surface area (Å²) in [6, 6.07) is 4.50. The van der Waals surface area contributed by atoms with Crippen LogP contribution in [-0.4, -0.2) is 20.8 Å². The van der Waals surface area contributed by atoms with Crippen molar-refractivity contribution in [1.82, 2.24) is 20.1 Å². The lowest BCUT2D eigenvalue weighted by atomic mass is 10.1. The third-order valence-electron chi connectivity index (χ3n) is 4.15. The zero-order chi connectivity index (χ0) is 14.7. The Labute approximate surface area is 125 Å². The van der Waals surface area contributed by atoms with Crippen LogP contribution < -0.4 is 5.32 Å². The van der Waals surface area contributed by atoms with Crippen LogP contribution in [0.3, 0.4) is 0 Å². The monoisotopic (exact) mass is 288 g/mol. The van der Waals surface area contributed by atoms with Gasteiger partial charge in [-0.15, -0.1) is 10.2 Å². The molecule has 1 aliphatic heterocycles. The fourth-order valence-corrected chi connectivity index (χ4v) is 3.12. The molecular weight excluding hydrogens is 264 g/mol. The first-order chi connectivity index (χ1) is 10.2. The highest BCUT2D eigenvalue weighted by molar-refractivity contribution is 5.04. The maximum atomic E-state index is 5.41. The van der Waals surface area contributed by atoms with E-state index in [1.807, 2.05) is 12.1 Å². The molecule has 0 amide bonds. The predicted molar refractivity (Wildman–Crippen MR) is 81.0 cm³/mol. The van der Waals surface area contributed by atoms with Crippen molar-refractivity contribution in [2.75, 3.05) is 0 Å². The predicted octanol–water partition coefficient (Wildman–Crippen LogP) is 2.88. The average Bonchev–Trinajstić information content (AvgIpc) is 3.04. The van der Waals surface area contributed by atoms with Gasteiger partial charge >= 0.3 is 0 Å². The Balaban J connectivity index is 1.65. The highest BCUT2D eigenvalue weighted by atomic mass is 16.3. The molecule has 0 radical (unpaired) electrons. The van der Waals surface area contributed by atoms with Crippen LogP contribution in [0.15, 0.2) is 22.8 Å². The first kappa shape index (κ1) is 14.3. The van der Waals surface area contributed by atoms with Crippen LogP contribution in [-0.2, 0) is 19.4 Å². The second-order valence-electron chi connectivity index (χ2n) is 6.01. The molecular formula is C16H24N4O. The van der Waals surface area contributed by atoms with Gasteiger partial charge in [0.15, 0.2) is 0 Å². The number of furan rings is 1. The van der Waals surface area contributed by atoms with Gasteiger partial charge in [0.2, 0.25) is 0 Å². The summed E-state index contributed by atoms with van der Waals surface area (Å²) in [5.41, 5.74) is 0. The molecule has 2 unspecified atom stereocenters. The molecule has 0 saturated heterocycles. The summed E-state index contributed by atoms with van der Waals surface area (Å²) >= 11 is 0. The summed E-state index contributed by atoms with van der Waals surface area (Å²) in [5.74, 6) is 3.23. The van der Waals surface area contributed by atoms with Gasteiger partial charge in [0, 0.05) is 25.4 Å². The van der Waals surface area contributed by atoms with Crippen molar-refractivity contribution >= 4 is 0 Å². The molecule has 0 fully saturated rings. The fourth-order valence-electron chi connectivity index (χ4n) is 3.12.